The number of piperazine rings is 1. The van der Waals surface area contributed by atoms with Crippen molar-refractivity contribution in [1.82, 2.24) is 10.2 Å². The van der Waals surface area contributed by atoms with Crippen LogP contribution in [0.15, 0.2) is 24.3 Å². The largest absolute Gasteiger partial charge is 0.493 e. The fourth-order valence-electron chi connectivity index (χ4n) is 3.18. The van der Waals surface area contributed by atoms with Crippen LogP contribution in [0.25, 0.3) is 0 Å². The molecule has 1 aromatic rings. The van der Waals surface area contributed by atoms with E-state index >= 15 is 0 Å². The highest BCUT2D eigenvalue weighted by atomic mass is 16.5. The van der Waals surface area contributed by atoms with E-state index in [0.717, 1.165) is 32.0 Å². The van der Waals surface area contributed by atoms with E-state index in [9.17, 15) is 0 Å². The molecule has 3 nitrogen and oxygen atoms in total. The van der Waals surface area contributed by atoms with Crippen molar-refractivity contribution in [3.05, 3.63) is 29.8 Å². The molecule has 1 fully saturated rings. The topological polar surface area (TPSA) is 24.5 Å². The number of ether oxygens (including phenoxy) is 1. The number of benzene rings is 1. The lowest BCUT2D eigenvalue weighted by Gasteiger charge is -2.44. The zero-order valence-electron chi connectivity index (χ0n) is 12.1. The minimum Gasteiger partial charge on any atom is -0.493 e. The van der Waals surface area contributed by atoms with Gasteiger partial charge in [-0.3, -0.25) is 4.90 Å². The van der Waals surface area contributed by atoms with Gasteiger partial charge in [0.1, 0.15) is 5.75 Å². The number of fused-ring (bicyclic) bond motifs is 1. The second-order valence-electron chi connectivity index (χ2n) is 6.59. The normalized spacial score (nSPS) is 29.8. The van der Waals surface area contributed by atoms with E-state index in [1.165, 1.54) is 5.56 Å². The van der Waals surface area contributed by atoms with Crippen molar-refractivity contribution in [2.75, 3.05) is 26.2 Å². The summed E-state index contributed by atoms with van der Waals surface area (Å²) in [6.45, 7) is 11.0. The van der Waals surface area contributed by atoms with Crippen molar-refractivity contribution in [3.63, 3.8) is 0 Å². The summed E-state index contributed by atoms with van der Waals surface area (Å²) in [6, 6.07) is 9.07. The molecule has 0 radical (unpaired) electrons. The maximum Gasteiger partial charge on any atom is 0.122 e. The summed E-state index contributed by atoms with van der Waals surface area (Å²) in [5.41, 5.74) is 1.59. The standard InChI is InChI=1S/C16H24N2O/c1-12-8-17-16(2,3)11-18(12)9-13-10-19-15-7-5-4-6-14(13)15/h4-7,12-13,17H,8-11H2,1-3H3. The molecule has 2 atom stereocenters. The van der Waals surface area contributed by atoms with Crippen LogP contribution in [-0.2, 0) is 0 Å². The van der Waals surface area contributed by atoms with E-state index in [-0.39, 0.29) is 5.54 Å². The molecular formula is C16H24N2O. The first-order valence-corrected chi connectivity index (χ1v) is 7.26. The molecule has 0 bridgehead atoms. The Hall–Kier alpha value is -1.06. The Kier molecular flexibility index (Phi) is 3.27. The number of nitrogens with zero attached hydrogens (tertiary/aromatic N) is 1. The first-order chi connectivity index (χ1) is 9.05. The molecule has 3 rings (SSSR count). The molecule has 0 amide bonds. The summed E-state index contributed by atoms with van der Waals surface area (Å²) in [5, 5.41) is 3.61. The SMILES string of the molecule is CC1CNC(C)(C)CN1CC1COc2ccccc21. The van der Waals surface area contributed by atoms with Crippen LogP contribution in [0.4, 0.5) is 0 Å². The van der Waals surface area contributed by atoms with Crippen LogP contribution in [0.5, 0.6) is 5.75 Å². The summed E-state index contributed by atoms with van der Waals surface area (Å²) in [4.78, 5) is 2.60. The van der Waals surface area contributed by atoms with Gasteiger partial charge in [-0.25, -0.2) is 0 Å². The lowest BCUT2D eigenvalue weighted by Crippen LogP contribution is -2.61. The molecule has 1 aromatic carbocycles. The fourth-order valence-corrected chi connectivity index (χ4v) is 3.18. The van der Waals surface area contributed by atoms with E-state index < -0.39 is 0 Å². The van der Waals surface area contributed by atoms with Gasteiger partial charge in [0.2, 0.25) is 0 Å². The number of hydrogen-bond acceptors (Lipinski definition) is 3. The van der Waals surface area contributed by atoms with Crippen LogP contribution in [0.1, 0.15) is 32.3 Å². The summed E-state index contributed by atoms with van der Waals surface area (Å²) in [6.07, 6.45) is 0. The molecule has 2 heterocycles. The van der Waals surface area contributed by atoms with Gasteiger partial charge in [0.15, 0.2) is 0 Å². The van der Waals surface area contributed by atoms with E-state index in [2.05, 4.69) is 55.3 Å². The molecule has 19 heavy (non-hydrogen) atoms. The predicted octanol–water partition coefficient (Wildman–Crippen LogP) is 2.23. The van der Waals surface area contributed by atoms with Crippen molar-refractivity contribution in [3.8, 4) is 5.75 Å². The van der Waals surface area contributed by atoms with Crippen molar-refractivity contribution >= 4 is 0 Å². The van der Waals surface area contributed by atoms with Gasteiger partial charge in [-0.1, -0.05) is 18.2 Å². The zero-order valence-corrected chi connectivity index (χ0v) is 12.1. The molecule has 0 aliphatic carbocycles. The van der Waals surface area contributed by atoms with Gasteiger partial charge in [-0.2, -0.15) is 0 Å². The molecule has 0 spiro atoms. The molecule has 2 aliphatic rings. The van der Waals surface area contributed by atoms with E-state index in [1.807, 2.05) is 0 Å². The van der Waals surface area contributed by atoms with Crippen molar-refractivity contribution in [2.24, 2.45) is 0 Å². The van der Waals surface area contributed by atoms with Crippen molar-refractivity contribution in [2.45, 2.75) is 38.3 Å². The highest BCUT2D eigenvalue weighted by molar-refractivity contribution is 5.39. The zero-order chi connectivity index (χ0) is 13.5. The van der Waals surface area contributed by atoms with Crippen LogP contribution < -0.4 is 10.1 Å². The van der Waals surface area contributed by atoms with Crippen LogP contribution in [0.3, 0.4) is 0 Å². The third-order valence-corrected chi connectivity index (χ3v) is 4.35. The highest BCUT2D eigenvalue weighted by Crippen LogP contribution is 2.34. The summed E-state index contributed by atoms with van der Waals surface area (Å²) in [7, 11) is 0. The Labute approximate surface area is 115 Å². The van der Waals surface area contributed by atoms with Crippen molar-refractivity contribution in [1.29, 1.82) is 0 Å². The van der Waals surface area contributed by atoms with E-state index in [1.54, 1.807) is 0 Å². The Morgan fingerprint density at radius 1 is 1.37 bits per heavy atom. The molecule has 0 saturated carbocycles. The van der Waals surface area contributed by atoms with Gasteiger partial charge in [-0.15, -0.1) is 0 Å². The molecule has 2 aliphatic heterocycles. The lowest BCUT2D eigenvalue weighted by molar-refractivity contribution is 0.0947. The van der Waals surface area contributed by atoms with Gasteiger partial charge < -0.3 is 10.1 Å². The average Bonchev–Trinajstić information content (AvgIpc) is 2.77. The molecule has 2 unspecified atom stereocenters. The Balaban J connectivity index is 1.72. The monoisotopic (exact) mass is 260 g/mol. The second kappa shape index (κ2) is 4.80. The first-order valence-electron chi connectivity index (χ1n) is 7.26. The molecule has 1 saturated heterocycles. The summed E-state index contributed by atoms with van der Waals surface area (Å²) < 4.78 is 5.80. The first kappa shape index (κ1) is 12.9. The Morgan fingerprint density at radius 3 is 3.00 bits per heavy atom. The molecule has 104 valence electrons. The van der Waals surface area contributed by atoms with Gasteiger partial charge in [0, 0.05) is 42.7 Å². The highest BCUT2D eigenvalue weighted by Gasteiger charge is 2.33. The smallest absolute Gasteiger partial charge is 0.122 e. The van der Waals surface area contributed by atoms with Crippen LogP contribution in [0.2, 0.25) is 0 Å². The fraction of sp³-hybridized carbons (Fsp3) is 0.625. The third kappa shape index (κ3) is 2.63. The predicted molar refractivity (Wildman–Crippen MR) is 77.8 cm³/mol. The third-order valence-electron chi connectivity index (χ3n) is 4.35. The molecular weight excluding hydrogens is 236 g/mol. The quantitative estimate of drug-likeness (QED) is 0.882. The van der Waals surface area contributed by atoms with Gasteiger partial charge in [0.25, 0.3) is 0 Å². The van der Waals surface area contributed by atoms with Crippen LogP contribution in [-0.4, -0.2) is 42.7 Å². The van der Waals surface area contributed by atoms with Crippen molar-refractivity contribution < 1.29 is 4.74 Å². The number of para-hydroxylation sites is 1. The van der Waals surface area contributed by atoms with E-state index in [4.69, 9.17) is 4.74 Å². The second-order valence-corrected chi connectivity index (χ2v) is 6.59. The van der Waals surface area contributed by atoms with Crippen LogP contribution >= 0.6 is 0 Å². The minimum atomic E-state index is 0.214. The van der Waals surface area contributed by atoms with E-state index in [0.29, 0.717) is 12.0 Å². The maximum absolute atomic E-state index is 5.80. The number of rotatable bonds is 2. The average molecular weight is 260 g/mol. The van der Waals surface area contributed by atoms with Gasteiger partial charge >= 0.3 is 0 Å². The maximum atomic E-state index is 5.80. The Morgan fingerprint density at radius 2 is 2.16 bits per heavy atom. The minimum absolute atomic E-state index is 0.214. The van der Waals surface area contributed by atoms with Gasteiger partial charge in [0.05, 0.1) is 6.61 Å². The van der Waals surface area contributed by atoms with Gasteiger partial charge in [-0.05, 0) is 26.8 Å². The molecule has 1 N–H and O–H groups in total. The Bertz CT molecular complexity index is 458. The number of hydrogen-bond donors (Lipinski definition) is 1. The molecule has 0 aromatic heterocycles. The lowest BCUT2D eigenvalue weighted by atomic mass is 9.95. The number of nitrogens with one attached hydrogen (secondary N) is 1. The molecule has 3 heteroatoms. The summed E-state index contributed by atoms with van der Waals surface area (Å²) in [5.74, 6) is 1.60. The summed E-state index contributed by atoms with van der Waals surface area (Å²) >= 11 is 0. The van der Waals surface area contributed by atoms with Crippen LogP contribution in [0, 0.1) is 0 Å².